The van der Waals surface area contributed by atoms with Crippen LogP contribution in [0.15, 0.2) is 24.3 Å². The van der Waals surface area contributed by atoms with Crippen LogP contribution in [0.25, 0.3) is 10.9 Å². The predicted molar refractivity (Wildman–Crippen MR) is 83.0 cm³/mol. The Hall–Kier alpha value is -2.43. The van der Waals surface area contributed by atoms with Gasteiger partial charge in [0.25, 0.3) is 0 Å². The number of aryl methyl sites for hydroxylation is 1. The molecular formula is C16H19N3O2. The van der Waals surface area contributed by atoms with E-state index in [1.54, 1.807) is 7.05 Å². The van der Waals surface area contributed by atoms with Gasteiger partial charge in [-0.2, -0.15) is 0 Å². The van der Waals surface area contributed by atoms with Gasteiger partial charge in [-0.25, -0.2) is 0 Å². The average Bonchev–Trinajstić information content (AvgIpc) is 2.48. The number of benzene rings is 1. The minimum Gasteiger partial charge on any atom is -0.398 e. The van der Waals surface area contributed by atoms with Crippen molar-refractivity contribution in [1.82, 2.24) is 10.3 Å². The summed E-state index contributed by atoms with van der Waals surface area (Å²) in [6.07, 6.45) is 1.64. The molecule has 1 aromatic heterocycles. The van der Waals surface area contributed by atoms with Gasteiger partial charge < -0.3 is 15.8 Å². The number of aromatic nitrogens is 1. The van der Waals surface area contributed by atoms with Gasteiger partial charge in [0, 0.05) is 36.2 Å². The number of aldehydes is 1. The third-order valence-corrected chi connectivity index (χ3v) is 3.65. The van der Waals surface area contributed by atoms with Crippen molar-refractivity contribution < 1.29 is 9.59 Å². The maximum Gasteiger partial charge on any atom is 0.219 e. The normalized spacial score (nSPS) is 12.1. The lowest BCUT2D eigenvalue weighted by Crippen LogP contribution is -2.18. The summed E-state index contributed by atoms with van der Waals surface area (Å²) in [5.41, 5.74) is 9.04. The number of carbonyl (C=O) groups excluding carboxylic acids is 2. The molecule has 5 nitrogen and oxygen atoms in total. The lowest BCUT2D eigenvalue weighted by atomic mass is 9.93. The molecule has 0 spiro atoms. The topological polar surface area (TPSA) is 85.1 Å². The molecule has 0 bridgehead atoms. The van der Waals surface area contributed by atoms with Crippen molar-refractivity contribution in [3.05, 3.63) is 35.5 Å². The Balaban J connectivity index is 2.38. The van der Waals surface area contributed by atoms with E-state index in [9.17, 15) is 9.59 Å². The van der Waals surface area contributed by atoms with Gasteiger partial charge >= 0.3 is 0 Å². The molecule has 2 aromatic rings. The highest BCUT2D eigenvalue weighted by Gasteiger charge is 2.16. The molecule has 1 heterocycles. The highest BCUT2D eigenvalue weighted by atomic mass is 16.1. The van der Waals surface area contributed by atoms with Gasteiger partial charge in [0.1, 0.15) is 6.29 Å². The second-order valence-corrected chi connectivity index (χ2v) is 5.03. The van der Waals surface area contributed by atoms with Crippen LogP contribution < -0.4 is 11.1 Å². The number of anilines is 1. The number of nitrogen functional groups attached to an aromatic ring is 1. The molecule has 21 heavy (non-hydrogen) atoms. The molecule has 3 N–H and O–H groups in total. The predicted octanol–water partition coefficient (Wildman–Crippen LogP) is 1.93. The van der Waals surface area contributed by atoms with Crippen LogP contribution in [0, 0.1) is 6.92 Å². The summed E-state index contributed by atoms with van der Waals surface area (Å²) in [7, 11) is 1.59. The van der Waals surface area contributed by atoms with E-state index in [0.29, 0.717) is 18.5 Å². The van der Waals surface area contributed by atoms with E-state index in [0.717, 1.165) is 28.4 Å². The molecule has 1 unspecified atom stereocenters. The molecule has 2 rings (SSSR count). The minimum absolute atomic E-state index is 0.0761. The Morgan fingerprint density at radius 1 is 1.48 bits per heavy atom. The third-order valence-electron chi connectivity index (χ3n) is 3.65. The van der Waals surface area contributed by atoms with E-state index in [4.69, 9.17) is 5.73 Å². The average molecular weight is 285 g/mol. The fraction of sp³-hybridized carbons (Fsp3) is 0.312. The Kier molecular flexibility index (Phi) is 4.52. The van der Waals surface area contributed by atoms with E-state index in [2.05, 4.69) is 10.3 Å². The van der Waals surface area contributed by atoms with Crippen molar-refractivity contribution in [3.8, 4) is 0 Å². The third kappa shape index (κ3) is 3.18. The van der Waals surface area contributed by atoms with E-state index in [1.165, 1.54) is 0 Å². The fourth-order valence-corrected chi connectivity index (χ4v) is 2.41. The maximum absolute atomic E-state index is 11.4. The van der Waals surface area contributed by atoms with Crippen molar-refractivity contribution in [3.63, 3.8) is 0 Å². The van der Waals surface area contributed by atoms with Crippen LogP contribution in [-0.4, -0.2) is 24.2 Å². The van der Waals surface area contributed by atoms with Crippen LogP contribution in [0.1, 0.15) is 30.0 Å². The van der Waals surface area contributed by atoms with Crippen LogP contribution >= 0.6 is 0 Å². The smallest absolute Gasteiger partial charge is 0.219 e. The van der Waals surface area contributed by atoms with Crippen LogP contribution in [0.3, 0.4) is 0 Å². The number of nitrogens with zero attached hydrogens (tertiary/aromatic N) is 1. The summed E-state index contributed by atoms with van der Waals surface area (Å²) in [4.78, 5) is 27.3. The number of pyridine rings is 1. The van der Waals surface area contributed by atoms with Crippen molar-refractivity contribution in [2.24, 2.45) is 0 Å². The maximum atomic E-state index is 11.4. The fourth-order valence-electron chi connectivity index (χ4n) is 2.41. The Morgan fingerprint density at radius 2 is 2.24 bits per heavy atom. The molecule has 0 radical (unpaired) electrons. The van der Waals surface area contributed by atoms with Gasteiger partial charge in [0.15, 0.2) is 0 Å². The zero-order chi connectivity index (χ0) is 15.4. The zero-order valence-corrected chi connectivity index (χ0v) is 12.2. The van der Waals surface area contributed by atoms with Crippen LogP contribution in [0.5, 0.6) is 0 Å². The molecule has 0 aliphatic rings. The number of amides is 1. The van der Waals surface area contributed by atoms with E-state index < -0.39 is 0 Å². The number of hydrogen-bond acceptors (Lipinski definition) is 4. The molecule has 1 atom stereocenters. The zero-order valence-electron chi connectivity index (χ0n) is 12.2. The molecular weight excluding hydrogens is 266 g/mol. The molecule has 0 aliphatic carbocycles. The number of carbonyl (C=O) groups is 2. The summed E-state index contributed by atoms with van der Waals surface area (Å²) in [6, 6.07) is 7.47. The molecule has 0 saturated heterocycles. The van der Waals surface area contributed by atoms with Crippen molar-refractivity contribution in [2.45, 2.75) is 25.7 Å². The van der Waals surface area contributed by atoms with Crippen molar-refractivity contribution in [2.75, 3.05) is 12.8 Å². The monoisotopic (exact) mass is 285 g/mol. The summed E-state index contributed by atoms with van der Waals surface area (Å²) in [5, 5.41) is 3.40. The number of nitrogens with two attached hydrogens (primary N) is 1. The molecule has 110 valence electrons. The summed E-state index contributed by atoms with van der Waals surface area (Å²) < 4.78 is 0. The molecule has 1 aromatic carbocycles. The first-order chi connectivity index (χ1) is 10.1. The van der Waals surface area contributed by atoms with E-state index >= 15 is 0 Å². The number of nitrogens with one attached hydrogen (secondary N) is 1. The number of rotatable bonds is 5. The lowest BCUT2D eigenvalue weighted by molar-refractivity contribution is -0.120. The Morgan fingerprint density at radius 3 is 2.90 bits per heavy atom. The van der Waals surface area contributed by atoms with Crippen LogP contribution in [-0.2, 0) is 9.59 Å². The van der Waals surface area contributed by atoms with E-state index in [-0.39, 0.29) is 11.8 Å². The summed E-state index contributed by atoms with van der Waals surface area (Å²) >= 11 is 0. The SMILES string of the molecule is CNC(=O)CCC(C=O)c1cc2c(N)cccc2nc1C. The molecule has 5 heteroatoms. The van der Waals surface area contributed by atoms with Gasteiger partial charge in [-0.1, -0.05) is 6.07 Å². The van der Waals surface area contributed by atoms with Crippen molar-refractivity contribution in [1.29, 1.82) is 0 Å². The second kappa shape index (κ2) is 6.35. The lowest BCUT2D eigenvalue weighted by Gasteiger charge is -2.14. The highest BCUT2D eigenvalue weighted by Crippen LogP contribution is 2.28. The van der Waals surface area contributed by atoms with Gasteiger partial charge in [0.05, 0.1) is 5.52 Å². The standard InChI is InChI=1S/C16H19N3O2/c1-10-12(11(9-20)6-7-16(21)18-2)8-13-14(17)4-3-5-15(13)19-10/h3-5,8-9,11H,6-7,17H2,1-2H3,(H,18,21). The summed E-state index contributed by atoms with van der Waals surface area (Å²) in [6.45, 7) is 1.87. The van der Waals surface area contributed by atoms with Gasteiger partial charge in [-0.3, -0.25) is 9.78 Å². The first kappa shape index (κ1) is 15.0. The van der Waals surface area contributed by atoms with E-state index in [1.807, 2.05) is 31.2 Å². The second-order valence-electron chi connectivity index (χ2n) is 5.03. The highest BCUT2D eigenvalue weighted by molar-refractivity contribution is 5.91. The minimum atomic E-state index is -0.348. The van der Waals surface area contributed by atoms with Crippen LogP contribution in [0.4, 0.5) is 5.69 Å². The number of fused-ring (bicyclic) bond motifs is 1. The first-order valence-electron chi connectivity index (χ1n) is 6.88. The quantitative estimate of drug-likeness (QED) is 0.649. The molecule has 0 saturated carbocycles. The summed E-state index contributed by atoms with van der Waals surface area (Å²) in [5.74, 6) is -0.424. The van der Waals surface area contributed by atoms with Gasteiger partial charge in [-0.15, -0.1) is 0 Å². The van der Waals surface area contributed by atoms with Crippen molar-refractivity contribution >= 4 is 28.8 Å². The molecule has 0 aliphatic heterocycles. The molecule has 1 amide bonds. The number of hydrogen-bond donors (Lipinski definition) is 2. The van der Waals surface area contributed by atoms with Crippen LogP contribution in [0.2, 0.25) is 0 Å². The molecule has 0 fully saturated rings. The Bertz CT molecular complexity index is 683. The largest absolute Gasteiger partial charge is 0.398 e. The first-order valence-corrected chi connectivity index (χ1v) is 6.88. The van der Waals surface area contributed by atoms with Gasteiger partial charge in [0.2, 0.25) is 5.91 Å². The Labute approximate surface area is 123 Å². The van der Waals surface area contributed by atoms with Gasteiger partial charge in [-0.05, 0) is 37.1 Å².